The Morgan fingerprint density at radius 3 is 2.20 bits per heavy atom. The lowest BCUT2D eigenvalue weighted by molar-refractivity contribution is -0.384. The molecule has 2 aromatic carbocycles. The molecule has 2 aromatic rings. The van der Waals surface area contributed by atoms with E-state index in [0.717, 1.165) is 80.0 Å². The van der Waals surface area contributed by atoms with Gasteiger partial charge in [0, 0.05) is 30.0 Å². The van der Waals surface area contributed by atoms with Crippen LogP contribution in [0.2, 0.25) is 0 Å². The van der Waals surface area contributed by atoms with Crippen molar-refractivity contribution in [1.29, 1.82) is 0 Å². The molecule has 0 heterocycles. The second kappa shape index (κ2) is 13.3. The molecule has 2 aliphatic rings. The molecular weight excluding hydrogens is 504 g/mol. The Morgan fingerprint density at radius 1 is 0.975 bits per heavy atom. The molecule has 1 fully saturated rings. The highest BCUT2D eigenvalue weighted by molar-refractivity contribution is 6.46. The average Bonchev–Trinajstić information content (AvgIpc) is 3.23. The molecule has 0 atom stereocenters. The van der Waals surface area contributed by atoms with Crippen LogP contribution < -0.4 is 0 Å². The number of unbranched alkanes of at least 4 members (excludes halogenated alkanes) is 2. The van der Waals surface area contributed by atoms with E-state index in [1.807, 2.05) is 24.3 Å². The maximum Gasteiger partial charge on any atom is 0.331 e. The summed E-state index contributed by atoms with van der Waals surface area (Å²) in [5, 5.41) is 15.8. The van der Waals surface area contributed by atoms with Crippen LogP contribution >= 0.6 is 0 Å². The standard InChI is InChI=1S/C33H42N2O5/c1-4-6-19-33(20-7-5-2)29-21-25(14-16-27(29)28-17-15-26(35(38)39)22-30(28)33)32(37)31(34-40-23(3)36)18-13-24-11-9-8-10-12-24/h14-17,21-22,24H,4-13,18-20H2,1-3H3/b34-31+. The van der Waals surface area contributed by atoms with Crippen molar-refractivity contribution in [2.75, 3.05) is 0 Å². The summed E-state index contributed by atoms with van der Waals surface area (Å²) in [4.78, 5) is 41.8. The van der Waals surface area contributed by atoms with Crippen LogP contribution in [0.4, 0.5) is 5.69 Å². The first-order chi connectivity index (χ1) is 19.3. The van der Waals surface area contributed by atoms with Crippen LogP contribution in [0.1, 0.15) is 126 Å². The molecule has 40 heavy (non-hydrogen) atoms. The van der Waals surface area contributed by atoms with Crippen molar-refractivity contribution in [3.8, 4) is 11.1 Å². The Bertz CT molecular complexity index is 1270. The van der Waals surface area contributed by atoms with Crippen molar-refractivity contribution in [3.63, 3.8) is 0 Å². The van der Waals surface area contributed by atoms with Crippen LogP contribution in [0.5, 0.6) is 0 Å². The number of fused-ring (bicyclic) bond motifs is 3. The molecule has 0 saturated heterocycles. The zero-order valence-electron chi connectivity index (χ0n) is 24.2. The number of oxime groups is 1. The molecule has 0 bridgehead atoms. The quantitative estimate of drug-likeness (QED) is 0.0822. The number of hydrogen-bond donors (Lipinski definition) is 0. The van der Waals surface area contributed by atoms with E-state index in [1.54, 1.807) is 12.1 Å². The van der Waals surface area contributed by atoms with Gasteiger partial charge in [-0.25, -0.2) is 4.79 Å². The minimum atomic E-state index is -0.549. The van der Waals surface area contributed by atoms with Crippen LogP contribution in [0, 0.1) is 16.0 Å². The van der Waals surface area contributed by atoms with E-state index >= 15 is 0 Å². The van der Waals surface area contributed by atoms with Crippen LogP contribution in [0.3, 0.4) is 0 Å². The molecule has 0 amide bonds. The third-order valence-corrected chi connectivity index (χ3v) is 8.79. The fourth-order valence-corrected chi connectivity index (χ4v) is 6.66. The number of nitro groups is 1. The van der Waals surface area contributed by atoms with Gasteiger partial charge in [0.25, 0.3) is 5.69 Å². The summed E-state index contributed by atoms with van der Waals surface area (Å²) in [6, 6.07) is 11.0. The molecule has 7 heteroatoms. The van der Waals surface area contributed by atoms with E-state index in [4.69, 9.17) is 4.84 Å². The van der Waals surface area contributed by atoms with Gasteiger partial charge in [0.1, 0.15) is 5.71 Å². The van der Waals surface area contributed by atoms with Crippen molar-refractivity contribution < 1.29 is 19.3 Å². The Kier molecular flexibility index (Phi) is 9.88. The number of Topliss-reactive ketones (excluding diaryl/α,β-unsaturated/α-hetero) is 1. The highest BCUT2D eigenvalue weighted by Gasteiger charge is 2.43. The molecule has 1 saturated carbocycles. The van der Waals surface area contributed by atoms with E-state index in [0.29, 0.717) is 17.9 Å². The third-order valence-electron chi connectivity index (χ3n) is 8.79. The van der Waals surface area contributed by atoms with Gasteiger partial charge in [-0.2, -0.15) is 0 Å². The first-order valence-electron chi connectivity index (χ1n) is 15.0. The number of hydrogen-bond acceptors (Lipinski definition) is 6. The van der Waals surface area contributed by atoms with Crippen LogP contribution in [-0.4, -0.2) is 22.4 Å². The summed E-state index contributed by atoms with van der Waals surface area (Å²) in [5.41, 5.74) is 4.61. The molecular formula is C33H42N2O5. The van der Waals surface area contributed by atoms with Gasteiger partial charge in [-0.05, 0) is 66.0 Å². The minimum absolute atomic E-state index is 0.0961. The summed E-state index contributed by atoms with van der Waals surface area (Å²) >= 11 is 0. The summed E-state index contributed by atoms with van der Waals surface area (Å²) < 4.78 is 0. The first kappa shape index (κ1) is 29.6. The number of rotatable bonds is 13. The van der Waals surface area contributed by atoms with Gasteiger partial charge in [0.05, 0.1) is 4.92 Å². The maximum absolute atomic E-state index is 13.9. The first-order valence-corrected chi connectivity index (χ1v) is 15.0. The van der Waals surface area contributed by atoms with E-state index in [-0.39, 0.29) is 22.1 Å². The Morgan fingerprint density at radius 2 is 1.60 bits per heavy atom. The van der Waals surface area contributed by atoms with Crippen LogP contribution in [-0.2, 0) is 15.0 Å². The molecule has 0 aliphatic heterocycles. The Labute approximate surface area is 237 Å². The minimum Gasteiger partial charge on any atom is -0.318 e. The average molecular weight is 547 g/mol. The molecule has 0 radical (unpaired) electrons. The van der Waals surface area contributed by atoms with Crippen molar-refractivity contribution >= 4 is 23.2 Å². The lowest BCUT2D eigenvalue weighted by Crippen LogP contribution is -2.26. The molecule has 4 rings (SSSR count). The summed E-state index contributed by atoms with van der Waals surface area (Å²) in [6.07, 6.45) is 13.0. The largest absolute Gasteiger partial charge is 0.331 e. The molecule has 214 valence electrons. The normalized spacial score (nSPS) is 16.3. The van der Waals surface area contributed by atoms with Gasteiger partial charge in [-0.1, -0.05) is 88.9 Å². The maximum atomic E-state index is 13.9. The highest BCUT2D eigenvalue weighted by atomic mass is 16.7. The van der Waals surface area contributed by atoms with Crippen molar-refractivity contribution in [3.05, 3.63) is 63.2 Å². The summed E-state index contributed by atoms with van der Waals surface area (Å²) in [6.45, 7) is 5.60. The zero-order valence-corrected chi connectivity index (χ0v) is 24.2. The fourth-order valence-electron chi connectivity index (χ4n) is 6.66. The summed E-state index contributed by atoms with van der Waals surface area (Å²) in [5.74, 6) is -0.209. The van der Waals surface area contributed by atoms with Gasteiger partial charge in [-0.3, -0.25) is 14.9 Å². The van der Waals surface area contributed by atoms with Gasteiger partial charge in [0.2, 0.25) is 5.78 Å². The van der Waals surface area contributed by atoms with Crippen LogP contribution in [0.25, 0.3) is 11.1 Å². The number of nitrogens with zero attached hydrogens (tertiary/aromatic N) is 2. The molecule has 2 aliphatic carbocycles. The number of ketones is 1. The SMILES string of the molecule is CCCCC1(CCCC)c2cc(C(=O)/C(CCC3CCCCC3)=N/OC(C)=O)ccc2-c2ccc([N+](=O)[O-])cc21. The molecule has 0 aromatic heterocycles. The van der Waals surface area contributed by atoms with E-state index in [1.165, 1.54) is 26.2 Å². The summed E-state index contributed by atoms with van der Waals surface area (Å²) in [7, 11) is 0. The zero-order chi connectivity index (χ0) is 28.7. The molecule has 0 spiro atoms. The third kappa shape index (κ3) is 6.34. The number of non-ortho nitro benzene ring substituents is 1. The van der Waals surface area contributed by atoms with Crippen molar-refractivity contribution in [1.82, 2.24) is 0 Å². The second-order valence-electron chi connectivity index (χ2n) is 11.5. The van der Waals surface area contributed by atoms with Crippen LogP contribution in [0.15, 0.2) is 41.6 Å². The van der Waals surface area contributed by atoms with Gasteiger partial charge in [-0.15, -0.1) is 0 Å². The van der Waals surface area contributed by atoms with Gasteiger partial charge < -0.3 is 4.84 Å². The topological polar surface area (TPSA) is 98.9 Å². The molecule has 0 N–H and O–H groups in total. The molecule has 0 unspecified atom stereocenters. The number of carbonyl (C=O) groups is 2. The lowest BCUT2D eigenvalue weighted by Gasteiger charge is -2.32. The number of benzene rings is 2. The van der Waals surface area contributed by atoms with E-state index in [9.17, 15) is 19.7 Å². The number of carbonyl (C=O) groups excluding carboxylic acids is 2. The van der Waals surface area contributed by atoms with Gasteiger partial charge in [0.15, 0.2) is 0 Å². The Balaban J connectivity index is 1.75. The predicted molar refractivity (Wildman–Crippen MR) is 158 cm³/mol. The second-order valence-corrected chi connectivity index (χ2v) is 11.5. The Hall–Kier alpha value is -3.35. The van der Waals surface area contributed by atoms with Gasteiger partial charge >= 0.3 is 5.97 Å². The lowest BCUT2D eigenvalue weighted by atomic mass is 9.70. The van der Waals surface area contributed by atoms with Crippen molar-refractivity contribution in [2.24, 2.45) is 11.1 Å². The monoisotopic (exact) mass is 546 g/mol. The predicted octanol–water partition coefficient (Wildman–Crippen LogP) is 8.70. The number of nitro benzene ring substituents is 1. The van der Waals surface area contributed by atoms with E-state index in [2.05, 4.69) is 19.0 Å². The van der Waals surface area contributed by atoms with Crippen molar-refractivity contribution in [2.45, 2.75) is 110 Å². The smallest absolute Gasteiger partial charge is 0.318 e. The fraction of sp³-hybridized carbons (Fsp3) is 0.545. The highest BCUT2D eigenvalue weighted by Crippen LogP contribution is 2.55. The van der Waals surface area contributed by atoms with E-state index < -0.39 is 11.4 Å². The molecule has 7 nitrogen and oxygen atoms in total.